The standard InChI is InChI=1S/C13H17N7/c1-9-7-12(20-13(19-9)10(14)8-18-20)17-4-2-3-11-15-5-6-16-11/h5-8,17H,2-4,14H2,1H3,(H,15,16). The monoisotopic (exact) mass is 271 g/mol. The van der Waals surface area contributed by atoms with Gasteiger partial charge >= 0.3 is 0 Å². The maximum atomic E-state index is 5.85. The number of nitrogens with two attached hydrogens (primary N) is 1. The van der Waals surface area contributed by atoms with Crippen LogP contribution in [0.2, 0.25) is 0 Å². The van der Waals surface area contributed by atoms with Gasteiger partial charge in [-0.1, -0.05) is 0 Å². The summed E-state index contributed by atoms with van der Waals surface area (Å²) in [6.45, 7) is 2.78. The fourth-order valence-corrected chi connectivity index (χ4v) is 2.13. The first kappa shape index (κ1) is 12.5. The van der Waals surface area contributed by atoms with Crippen LogP contribution >= 0.6 is 0 Å². The van der Waals surface area contributed by atoms with Crippen molar-refractivity contribution in [2.45, 2.75) is 19.8 Å². The molecule has 0 bridgehead atoms. The second-order valence-electron chi connectivity index (χ2n) is 4.68. The number of fused-ring (bicyclic) bond motifs is 1. The summed E-state index contributed by atoms with van der Waals surface area (Å²) in [5.41, 5.74) is 8.05. The number of H-pyrrole nitrogens is 1. The molecule has 0 aromatic carbocycles. The molecule has 3 rings (SSSR count). The van der Waals surface area contributed by atoms with E-state index >= 15 is 0 Å². The lowest BCUT2D eigenvalue weighted by molar-refractivity contribution is 0.805. The van der Waals surface area contributed by atoms with E-state index in [9.17, 15) is 0 Å². The first-order valence-electron chi connectivity index (χ1n) is 6.57. The molecular formula is C13H17N7. The fraction of sp³-hybridized carbons (Fsp3) is 0.308. The molecule has 0 amide bonds. The van der Waals surface area contributed by atoms with E-state index < -0.39 is 0 Å². The molecule has 0 fully saturated rings. The molecule has 3 aromatic heterocycles. The summed E-state index contributed by atoms with van der Waals surface area (Å²) in [6, 6.07) is 1.96. The van der Waals surface area contributed by atoms with Crippen LogP contribution in [0.25, 0.3) is 5.65 Å². The van der Waals surface area contributed by atoms with Crippen LogP contribution in [0.5, 0.6) is 0 Å². The summed E-state index contributed by atoms with van der Waals surface area (Å²) in [4.78, 5) is 11.7. The Bertz CT molecular complexity index is 699. The number of anilines is 2. The third kappa shape index (κ3) is 2.42. The van der Waals surface area contributed by atoms with E-state index in [2.05, 4.69) is 25.4 Å². The molecule has 0 aliphatic rings. The smallest absolute Gasteiger partial charge is 0.180 e. The number of aryl methyl sites for hydroxylation is 2. The molecule has 0 radical (unpaired) electrons. The average molecular weight is 271 g/mol. The quantitative estimate of drug-likeness (QED) is 0.609. The van der Waals surface area contributed by atoms with Crippen molar-refractivity contribution >= 4 is 17.2 Å². The zero-order valence-electron chi connectivity index (χ0n) is 11.3. The number of imidazole rings is 1. The Morgan fingerprint density at radius 3 is 3.15 bits per heavy atom. The Kier molecular flexibility index (Phi) is 3.24. The molecule has 0 aliphatic carbocycles. The van der Waals surface area contributed by atoms with E-state index in [1.165, 1.54) is 0 Å². The molecule has 3 heterocycles. The highest BCUT2D eigenvalue weighted by Crippen LogP contribution is 2.17. The second kappa shape index (κ2) is 5.20. The third-order valence-corrected chi connectivity index (χ3v) is 3.08. The van der Waals surface area contributed by atoms with Crippen LogP contribution in [0.3, 0.4) is 0 Å². The molecule has 0 aliphatic heterocycles. The highest BCUT2D eigenvalue weighted by molar-refractivity contribution is 5.66. The lowest BCUT2D eigenvalue weighted by Gasteiger charge is -2.09. The Balaban J connectivity index is 1.68. The number of aromatic nitrogens is 5. The van der Waals surface area contributed by atoms with Crippen molar-refractivity contribution in [1.29, 1.82) is 0 Å². The number of rotatable bonds is 5. The van der Waals surface area contributed by atoms with E-state index in [0.717, 1.165) is 36.7 Å². The summed E-state index contributed by atoms with van der Waals surface area (Å²) in [7, 11) is 0. The minimum atomic E-state index is 0.590. The van der Waals surface area contributed by atoms with Gasteiger partial charge in [-0.3, -0.25) is 0 Å². The van der Waals surface area contributed by atoms with E-state index in [0.29, 0.717) is 11.3 Å². The number of hydrogen-bond donors (Lipinski definition) is 3. The summed E-state index contributed by atoms with van der Waals surface area (Å²) in [6.07, 6.45) is 7.12. The van der Waals surface area contributed by atoms with Crippen LogP contribution in [0, 0.1) is 6.92 Å². The molecule has 7 nitrogen and oxygen atoms in total. The van der Waals surface area contributed by atoms with Crippen molar-refractivity contribution in [3.05, 3.63) is 36.2 Å². The summed E-state index contributed by atoms with van der Waals surface area (Å²) >= 11 is 0. The summed E-state index contributed by atoms with van der Waals surface area (Å²) < 4.78 is 1.73. The predicted octanol–water partition coefficient (Wildman–Crippen LogP) is 1.39. The molecule has 3 aromatic rings. The van der Waals surface area contributed by atoms with Gasteiger partial charge in [0, 0.05) is 37.1 Å². The van der Waals surface area contributed by atoms with E-state index in [1.807, 2.05) is 19.2 Å². The van der Waals surface area contributed by atoms with E-state index in [1.54, 1.807) is 16.9 Å². The largest absolute Gasteiger partial charge is 0.394 e. The Morgan fingerprint density at radius 1 is 1.45 bits per heavy atom. The van der Waals surface area contributed by atoms with Gasteiger partial charge in [-0.15, -0.1) is 0 Å². The van der Waals surface area contributed by atoms with Gasteiger partial charge in [0.15, 0.2) is 5.65 Å². The van der Waals surface area contributed by atoms with Gasteiger partial charge in [0.2, 0.25) is 0 Å². The number of nitrogen functional groups attached to an aromatic ring is 1. The SMILES string of the molecule is Cc1cc(NCCCc2ncc[nH]2)n2ncc(N)c2n1. The van der Waals surface area contributed by atoms with Crippen LogP contribution in [0.1, 0.15) is 17.9 Å². The lowest BCUT2D eigenvalue weighted by Crippen LogP contribution is -2.09. The molecular weight excluding hydrogens is 254 g/mol. The van der Waals surface area contributed by atoms with Crippen LogP contribution in [-0.2, 0) is 6.42 Å². The average Bonchev–Trinajstić information content (AvgIpc) is 3.05. The molecule has 104 valence electrons. The van der Waals surface area contributed by atoms with Crippen molar-refractivity contribution < 1.29 is 0 Å². The van der Waals surface area contributed by atoms with Gasteiger partial charge in [-0.2, -0.15) is 9.61 Å². The molecule has 0 atom stereocenters. The number of nitrogens with zero attached hydrogens (tertiary/aromatic N) is 4. The van der Waals surface area contributed by atoms with E-state index in [-0.39, 0.29) is 0 Å². The van der Waals surface area contributed by atoms with Gasteiger partial charge in [0.25, 0.3) is 0 Å². The molecule has 4 N–H and O–H groups in total. The van der Waals surface area contributed by atoms with Gasteiger partial charge in [-0.25, -0.2) is 9.97 Å². The van der Waals surface area contributed by atoms with Gasteiger partial charge in [0.05, 0.1) is 11.9 Å². The second-order valence-corrected chi connectivity index (χ2v) is 4.68. The van der Waals surface area contributed by atoms with E-state index in [4.69, 9.17) is 5.73 Å². The van der Waals surface area contributed by atoms with Crippen molar-refractivity contribution in [1.82, 2.24) is 24.6 Å². The maximum absolute atomic E-state index is 5.85. The van der Waals surface area contributed by atoms with Crippen LogP contribution in [-0.4, -0.2) is 31.1 Å². The highest BCUT2D eigenvalue weighted by Gasteiger charge is 2.07. The minimum absolute atomic E-state index is 0.590. The predicted molar refractivity (Wildman–Crippen MR) is 77.5 cm³/mol. The Labute approximate surface area is 116 Å². The van der Waals surface area contributed by atoms with Gasteiger partial charge in [0.1, 0.15) is 11.6 Å². The Hall–Kier alpha value is -2.57. The molecule has 0 unspecified atom stereocenters. The first-order chi connectivity index (χ1) is 9.74. The third-order valence-electron chi connectivity index (χ3n) is 3.08. The van der Waals surface area contributed by atoms with Crippen molar-refractivity contribution in [3.8, 4) is 0 Å². The fourth-order valence-electron chi connectivity index (χ4n) is 2.13. The zero-order chi connectivity index (χ0) is 13.9. The maximum Gasteiger partial charge on any atom is 0.180 e. The van der Waals surface area contributed by atoms with Crippen LogP contribution in [0.15, 0.2) is 24.7 Å². The normalized spacial score (nSPS) is 11.1. The molecule has 20 heavy (non-hydrogen) atoms. The summed E-state index contributed by atoms with van der Waals surface area (Å²) in [5, 5.41) is 7.60. The van der Waals surface area contributed by atoms with Crippen molar-refractivity contribution in [2.75, 3.05) is 17.6 Å². The van der Waals surface area contributed by atoms with Gasteiger partial charge < -0.3 is 16.0 Å². The summed E-state index contributed by atoms with van der Waals surface area (Å²) in [5.74, 6) is 1.91. The zero-order valence-corrected chi connectivity index (χ0v) is 11.3. The minimum Gasteiger partial charge on any atom is -0.394 e. The number of hydrogen-bond acceptors (Lipinski definition) is 5. The molecule has 0 saturated heterocycles. The van der Waals surface area contributed by atoms with Crippen LogP contribution < -0.4 is 11.1 Å². The molecule has 7 heteroatoms. The topological polar surface area (TPSA) is 96.9 Å². The highest BCUT2D eigenvalue weighted by atomic mass is 15.3. The van der Waals surface area contributed by atoms with Crippen molar-refractivity contribution in [3.63, 3.8) is 0 Å². The van der Waals surface area contributed by atoms with Crippen molar-refractivity contribution in [2.24, 2.45) is 0 Å². The molecule has 0 spiro atoms. The molecule has 0 saturated carbocycles. The van der Waals surface area contributed by atoms with Gasteiger partial charge in [-0.05, 0) is 13.3 Å². The number of aromatic amines is 1. The number of nitrogens with one attached hydrogen (secondary N) is 2. The Morgan fingerprint density at radius 2 is 2.35 bits per heavy atom. The van der Waals surface area contributed by atoms with Crippen LogP contribution in [0.4, 0.5) is 11.5 Å². The lowest BCUT2D eigenvalue weighted by atomic mass is 10.3. The first-order valence-corrected chi connectivity index (χ1v) is 6.57.